The van der Waals surface area contributed by atoms with Gasteiger partial charge in [-0.25, -0.2) is 0 Å². The third-order valence-corrected chi connectivity index (χ3v) is 7.55. The number of ether oxygens (including phenoxy) is 3. The minimum atomic E-state index is -2.42. The van der Waals surface area contributed by atoms with Crippen molar-refractivity contribution in [3.05, 3.63) is 82.9 Å². The lowest BCUT2D eigenvalue weighted by Gasteiger charge is -2.47. The van der Waals surface area contributed by atoms with Crippen molar-refractivity contribution < 1.29 is 65.3 Å². The van der Waals surface area contributed by atoms with Gasteiger partial charge >= 0.3 is 0 Å². The summed E-state index contributed by atoms with van der Waals surface area (Å²) in [6.45, 7) is 0. The van der Waals surface area contributed by atoms with Gasteiger partial charge in [0.05, 0.1) is 5.56 Å². The topological polar surface area (TPSA) is 230 Å². The Hall–Kier alpha value is -5.24. The van der Waals surface area contributed by atoms with E-state index in [1.807, 2.05) is 0 Å². The van der Waals surface area contributed by atoms with Crippen LogP contribution in [-0.4, -0.2) is 63.3 Å². The molecule has 43 heavy (non-hydrogen) atoms. The fraction of sp³-hybridized carbons (Fsp3) is 0.200. The minimum absolute atomic E-state index is 0.0663. The molecule has 224 valence electrons. The molecule has 0 fully saturated rings. The highest BCUT2D eigenvalue weighted by molar-refractivity contribution is 5.55. The average Bonchev–Trinajstić information content (AvgIpc) is 2.94. The molecular weight excluding hydrogens is 568 g/mol. The Morgan fingerprint density at radius 2 is 1.28 bits per heavy atom. The molecule has 0 spiro atoms. The van der Waals surface area contributed by atoms with Gasteiger partial charge < -0.3 is 65.3 Å². The molecule has 0 aromatic heterocycles. The average molecular weight is 595 g/mol. The van der Waals surface area contributed by atoms with Crippen LogP contribution < -0.4 is 9.47 Å². The van der Waals surface area contributed by atoms with E-state index in [0.717, 1.165) is 30.3 Å². The van der Waals surface area contributed by atoms with Crippen molar-refractivity contribution in [1.29, 1.82) is 0 Å². The largest absolute Gasteiger partial charge is 0.508 e. The first-order valence-electron chi connectivity index (χ1n) is 12.9. The van der Waals surface area contributed by atoms with Gasteiger partial charge in [0.15, 0.2) is 35.2 Å². The van der Waals surface area contributed by atoms with Gasteiger partial charge in [0.1, 0.15) is 46.7 Å². The summed E-state index contributed by atoms with van der Waals surface area (Å²) in [4.78, 5) is 0. The predicted molar refractivity (Wildman–Crippen MR) is 144 cm³/mol. The fourth-order valence-corrected chi connectivity index (χ4v) is 5.48. The van der Waals surface area contributed by atoms with Crippen LogP contribution in [0.2, 0.25) is 0 Å². The van der Waals surface area contributed by atoms with Crippen LogP contribution in [0.5, 0.6) is 57.5 Å². The molecule has 2 aliphatic rings. The summed E-state index contributed by atoms with van der Waals surface area (Å²) in [5, 5.41) is 104. The summed E-state index contributed by atoms with van der Waals surface area (Å²) in [7, 11) is 0. The van der Waals surface area contributed by atoms with Crippen molar-refractivity contribution in [2.75, 3.05) is 0 Å². The maximum absolute atomic E-state index is 11.6. The Bertz CT molecular complexity index is 1740. The molecule has 0 saturated carbocycles. The molecule has 4 aromatic rings. The molecule has 0 unspecified atom stereocenters. The zero-order valence-corrected chi connectivity index (χ0v) is 22.0. The highest BCUT2D eigenvalue weighted by Gasteiger charge is 2.56. The van der Waals surface area contributed by atoms with E-state index in [1.165, 1.54) is 30.3 Å². The third-order valence-electron chi connectivity index (χ3n) is 7.55. The number of rotatable bonds is 4. The van der Waals surface area contributed by atoms with E-state index >= 15 is 0 Å². The second kappa shape index (κ2) is 9.94. The first kappa shape index (κ1) is 27.9. The van der Waals surface area contributed by atoms with Gasteiger partial charge in [0.2, 0.25) is 0 Å². The summed E-state index contributed by atoms with van der Waals surface area (Å²) in [6, 6.07) is 11.5. The quantitative estimate of drug-likeness (QED) is 0.153. The van der Waals surface area contributed by atoms with Gasteiger partial charge in [-0.2, -0.15) is 0 Å². The lowest BCUT2D eigenvalue weighted by Crippen LogP contribution is -2.55. The Labute approximate surface area is 242 Å². The SMILES string of the molecule is Oc1cc(O)c2c(c1)O[C@H](c1ccc(O)c(O)c1)[C@H](O[C@]1(c3ccc(O)c(O)c3)Oc3cc(O)cc(O)c3[C@H](O)[C@H]1O)C2. The van der Waals surface area contributed by atoms with Crippen molar-refractivity contribution >= 4 is 0 Å². The highest BCUT2D eigenvalue weighted by atomic mass is 16.7. The van der Waals surface area contributed by atoms with E-state index in [4.69, 9.17) is 14.2 Å². The Morgan fingerprint density at radius 3 is 1.95 bits per heavy atom. The number of phenols is 8. The molecule has 2 aliphatic heterocycles. The minimum Gasteiger partial charge on any atom is -0.508 e. The van der Waals surface area contributed by atoms with Crippen molar-refractivity contribution in [2.24, 2.45) is 0 Å². The number of hydrogen-bond acceptors (Lipinski definition) is 13. The molecule has 5 atom stereocenters. The van der Waals surface area contributed by atoms with E-state index in [-0.39, 0.29) is 51.7 Å². The molecule has 0 amide bonds. The number of hydrogen-bond donors (Lipinski definition) is 10. The van der Waals surface area contributed by atoms with Gasteiger partial charge in [0, 0.05) is 41.8 Å². The van der Waals surface area contributed by atoms with Crippen molar-refractivity contribution in [1.82, 2.24) is 0 Å². The van der Waals surface area contributed by atoms with E-state index in [1.54, 1.807) is 0 Å². The third kappa shape index (κ3) is 4.55. The summed E-state index contributed by atoms with van der Waals surface area (Å²) in [5.41, 5.74) is 0.0630. The Morgan fingerprint density at radius 1 is 0.651 bits per heavy atom. The van der Waals surface area contributed by atoms with Gasteiger partial charge in [-0.3, -0.25) is 0 Å². The maximum Gasteiger partial charge on any atom is 0.267 e. The van der Waals surface area contributed by atoms with E-state index in [9.17, 15) is 51.1 Å². The van der Waals surface area contributed by atoms with Gasteiger partial charge in [-0.05, 0) is 35.9 Å². The van der Waals surface area contributed by atoms with Crippen LogP contribution in [0.3, 0.4) is 0 Å². The normalized spacial score (nSPS) is 24.3. The van der Waals surface area contributed by atoms with E-state index < -0.39 is 64.7 Å². The van der Waals surface area contributed by atoms with Crippen LogP contribution in [0.15, 0.2) is 60.7 Å². The molecule has 4 aromatic carbocycles. The molecular formula is C30H26O13. The van der Waals surface area contributed by atoms with Gasteiger partial charge in [-0.15, -0.1) is 0 Å². The molecule has 6 rings (SSSR count). The lowest BCUT2D eigenvalue weighted by molar-refractivity contribution is -0.307. The van der Waals surface area contributed by atoms with E-state index in [2.05, 4.69) is 0 Å². The van der Waals surface area contributed by atoms with Crippen molar-refractivity contribution in [3.8, 4) is 57.5 Å². The number of phenolic OH excluding ortho intramolecular Hbond substituents is 8. The second-order valence-electron chi connectivity index (χ2n) is 10.3. The summed E-state index contributed by atoms with van der Waals surface area (Å²) >= 11 is 0. The number of aliphatic hydroxyl groups excluding tert-OH is 2. The Kier molecular flexibility index (Phi) is 6.45. The smallest absolute Gasteiger partial charge is 0.267 e. The monoisotopic (exact) mass is 594 g/mol. The van der Waals surface area contributed by atoms with Crippen LogP contribution in [0.25, 0.3) is 0 Å². The van der Waals surface area contributed by atoms with Crippen LogP contribution in [0, 0.1) is 0 Å². The summed E-state index contributed by atoms with van der Waals surface area (Å²) in [5.74, 6) is -6.38. The standard InChI is InChI=1S/C30H26O13/c31-14-7-19(35)16-11-25(28(41-23(16)9-14)12-1-3-17(33)20(36)5-12)43-30(13-2-4-18(34)21(37)6-13)29(40)27(39)26-22(38)8-15(32)10-24(26)42-30/h1-10,25,27-29,31-40H,11H2/t25-,27+,28-,29-,30+/m1/s1. The van der Waals surface area contributed by atoms with Gasteiger partial charge in [0.25, 0.3) is 5.79 Å². The zero-order valence-electron chi connectivity index (χ0n) is 22.0. The summed E-state index contributed by atoms with van der Waals surface area (Å²) < 4.78 is 18.7. The number of fused-ring (bicyclic) bond motifs is 2. The molecule has 0 bridgehead atoms. The van der Waals surface area contributed by atoms with E-state index in [0.29, 0.717) is 0 Å². The van der Waals surface area contributed by atoms with Crippen molar-refractivity contribution in [3.63, 3.8) is 0 Å². The first-order valence-corrected chi connectivity index (χ1v) is 12.9. The van der Waals surface area contributed by atoms with Gasteiger partial charge in [-0.1, -0.05) is 6.07 Å². The van der Waals surface area contributed by atoms with Crippen LogP contribution in [0.1, 0.15) is 34.5 Å². The molecule has 2 heterocycles. The van der Waals surface area contributed by atoms with Crippen molar-refractivity contribution in [2.45, 2.75) is 36.6 Å². The molecule has 0 aliphatic carbocycles. The van der Waals surface area contributed by atoms with Crippen LogP contribution >= 0.6 is 0 Å². The van der Waals surface area contributed by atoms with Crippen LogP contribution in [-0.2, 0) is 16.9 Å². The summed E-state index contributed by atoms with van der Waals surface area (Å²) in [6.07, 6.45) is -6.47. The molecule has 13 heteroatoms. The van der Waals surface area contributed by atoms with Crippen LogP contribution in [0.4, 0.5) is 0 Å². The molecule has 13 nitrogen and oxygen atoms in total. The first-order chi connectivity index (χ1) is 20.4. The fourth-order valence-electron chi connectivity index (χ4n) is 5.48. The number of benzene rings is 4. The molecule has 10 N–H and O–H groups in total. The highest BCUT2D eigenvalue weighted by Crippen LogP contribution is 2.53. The molecule has 0 saturated heterocycles. The second-order valence-corrected chi connectivity index (χ2v) is 10.3. The number of aromatic hydroxyl groups is 8. The molecule has 0 radical (unpaired) electrons. The number of aliphatic hydroxyl groups is 2. The predicted octanol–water partition coefficient (Wildman–Crippen LogP) is 2.73. The maximum atomic E-state index is 11.6. The lowest BCUT2D eigenvalue weighted by atomic mass is 9.87. The zero-order chi connectivity index (χ0) is 30.8. The Balaban J connectivity index is 1.54.